The second-order valence-electron chi connectivity index (χ2n) is 35.9. The fourth-order valence-electron chi connectivity index (χ4n) is 23.1. The van der Waals surface area contributed by atoms with E-state index in [-0.39, 0.29) is 0 Å². The Bertz CT molecular complexity index is 9830. The number of aromatic nitrogens is 14. The average Bonchev–Trinajstić information content (AvgIpc) is 1.58. The molecule has 0 atom stereocenters. The van der Waals surface area contributed by atoms with E-state index in [0.29, 0.717) is 5.82 Å². The second kappa shape index (κ2) is 29.7. The van der Waals surface area contributed by atoms with Crippen LogP contribution in [-0.2, 0) is 0 Å². The van der Waals surface area contributed by atoms with Gasteiger partial charge in [-0.15, -0.1) is 0 Å². The van der Waals surface area contributed by atoms with Crippen molar-refractivity contribution in [2.45, 2.75) is 0 Å². The van der Waals surface area contributed by atoms with E-state index < -0.39 is 16.1 Å². The molecule has 11 heterocycles. The summed E-state index contributed by atoms with van der Waals surface area (Å²) in [7, 11) is -6.94. The van der Waals surface area contributed by atoms with Crippen molar-refractivity contribution in [1.29, 1.82) is 0 Å². The maximum atomic E-state index is 6.07. The predicted octanol–water partition coefficient (Wildman–Crippen LogP) is 22.4. The summed E-state index contributed by atoms with van der Waals surface area (Å²) >= 11 is 0. The molecule has 16 heteroatoms. The van der Waals surface area contributed by atoms with E-state index in [1.165, 1.54) is 63.7 Å². The molecule has 0 aliphatic rings. The Morgan fingerprint density at radius 2 is 0.394 bits per heavy atom. The molecule has 11 aromatic heterocycles. The number of benzene rings is 18. The molecule has 29 rings (SSSR count). The molecule has 0 fully saturated rings. The third-order valence-corrected chi connectivity index (χ3v) is 38.4. The Kier molecular flexibility index (Phi) is 16.6. The Balaban J connectivity index is 0.634. The highest BCUT2D eigenvalue weighted by atomic mass is 28.3. The third kappa shape index (κ3) is 11.1. The number of hydrogen-bond acceptors (Lipinski definition) is 5. The van der Waals surface area contributed by atoms with Gasteiger partial charge in [-0.3, -0.25) is 31.5 Å². The van der Waals surface area contributed by atoms with Crippen molar-refractivity contribution in [3.8, 4) is 45.8 Å². The monoisotopic (exact) mass is 1780 g/mol. The summed E-state index contributed by atoms with van der Waals surface area (Å²) in [4.78, 5) is 29.1. The second-order valence-corrected chi connectivity index (χ2v) is 43.5. The first-order chi connectivity index (χ1) is 68.0. The first-order valence-electron chi connectivity index (χ1n) is 46.6. The number of hydrogen-bond donors (Lipinski definition) is 0. The van der Waals surface area contributed by atoms with E-state index in [2.05, 4.69) is 514 Å². The Morgan fingerprint density at radius 3 is 0.752 bits per heavy atom. The molecule has 29 aromatic rings. The van der Waals surface area contributed by atoms with E-state index in [1.54, 1.807) is 0 Å². The van der Waals surface area contributed by atoms with Crippen LogP contribution < -0.4 is 41.5 Å². The Labute approximate surface area is 785 Å². The van der Waals surface area contributed by atoms with E-state index >= 15 is 0 Å². The molecule has 0 bridgehead atoms. The summed E-state index contributed by atoms with van der Waals surface area (Å²) in [5.74, 6) is 5.26. The van der Waals surface area contributed by atoms with Crippen molar-refractivity contribution in [3.63, 3.8) is 0 Å². The summed E-state index contributed by atoms with van der Waals surface area (Å²) in [6.45, 7) is 0. The minimum atomic E-state index is -3.48. The zero-order valence-corrected chi connectivity index (χ0v) is 75.8. The maximum absolute atomic E-state index is 6.07. The van der Waals surface area contributed by atoms with Crippen LogP contribution in [0.25, 0.3) is 195 Å². The fraction of sp³-hybridized carbons (Fsp3) is 0. The first kappa shape index (κ1) is 76.6. The van der Waals surface area contributed by atoms with Gasteiger partial charge in [0, 0.05) is 43.7 Å². The lowest BCUT2D eigenvalue weighted by Gasteiger charge is -2.35. The highest BCUT2D eigenvalue weighted by Gasteiger charge is 2.45. The van der Waals surface area contributed by atoms with Crippen LogP contribution in [0.1, 0.15) is 0 Å². The molecule has 0 aliphatic heterocycles. The summed E-state index contributed by atoms with van der Waals surface area (Å²) in [6.07, 6.45) is 0. The molecule has 0 spiro atoms. The van der Waals surface area contributed by atoms with Crippen molar-refractivity contribution >= 4 is 207 Å². The quantitative estimate of drug-likeness (QED) is 0.0751. The third-order valence-electron chi connectivity index (χ3n) is 28.9. The Hall–Kier alpha value is -18.1. The van der Waals surface area contributed by atoms with Crippen LogP contribution in [0, 0.1) is 0 Å². The molecule has 137 heavy (non-hydrogen) atoms. The predicted molar refractivity (Wildman–Crippen MR) is 567 cm³/mol. The first-order valence-corrected chi connectivity index (χ1v) is 50.6. The van der Waals surface area contributed by atoms with Crippen molar-refractivity contribution < 1.29 is 0 Å². The van der Waals surface area contributed by atoms with Crippen LogP contribution in [0.4, 0.5) is 0 Å². The van der Waals surface area contributed by atoms with Gasteiger partial charge in [0.05, 0.1) is 99.3 Å². The standard InChI is InChI=1S/C121H78N14Si2/c1-5-33-83(34-6-1)136(84-35-7-2-8-36-84,87-67-63-81(64-68-87)127-100-48-20-13-41-91(100)92-42-14-21-49-101(92)127)89-75-115(125-116(76-89)133-112-58-30-27-55-109(112)130-106-53-25-18-46-97(106)122-119(130)133)129-104-52-24-17-45-95(104)96-73-79(61-71-105(96)129)80-62-72-108-99(74-80)124-121-132(108)111-57-29-32-60-114(111)135(121)118-78-90(77-117(126-118)134-113-59-31-28-56-110(113)131-107-54-26-19-47-98(107)123-120(131)134)137(85-37-9-3-10-38-85,86-39-11-4-12-40-86)88-69-65-82(66-70-88)128-102-50-22-15-43-93(102)94-44-16-23-51-103(94)128/h1-78H. The van der Waals surface area contributed by atoms with E-state index in [4.69, 9.17) is 24.9 Å². The van der Waals surface area contributed by atoms with Crippen LogP contribution in [0.5, 0.6) is 0 Å². The van der Waals surface area contributed by atoms with Gasteiger partial charge in [-0.2, -0.15) is 0 Å². The van der Waals surface area contributed by atoms with Gasteiger partial charge in [0.2, 0.25) is 17.3 Å². The largest absolute Gasteiger partial charge is 0.309 e. The minimum absolute atomic E-state index is 0.717. The SMILES string of the molecule is c1ccc([Si](c2ccccc2)(c2ccc(-n3c4ccccc4c4ccccc43)cc2)c2cc(-n3c4ccccc4c4cc(-c5ccc6c(c5)nc5n(-c7cc([Si](c8ccccc8)(c8ccccc8)c8ccc(-n9c%10ccccc%10c%10ccccc%109)cc8)cc(-n8c9ccccc9n9c%10ccccc%10nc89)n7)c7ccccc7n65)ccc43)nc(-n3c4ccccc4n4c5ccccc5nc34)c2)cc1. The van der Waals surface area contributed by atoms with Gasteiger partial charge in [0.1, 0.15) is 23.3 Å². The zero-order valence-electron chi connectivity index (χ0n) is 73.8. The fourth-order valence-corrected chi connectivity index (χ4v) is 32.6. The normalized spacial score (nSPS) is 12.4. The molecule has 14 nitrogen and oxygen atoms in total. The zero-order chi connectivity index (χ0) is 89.7. The van der Waals surface area contributed by atoms with E-state index in [9.17, 15) is 0 Å². The summed E-state index contributed by atoms with van der Waals surface area (Å²) in [5.41, 5.74) is 22.6. The van der Waals surface area contributed by atoms with Gasteiger partial charge in [-0.25, -0.2) is 24.9 Å². The van der Waals surface area contributed by atoms with Crippen LogP contribution in [0.2, 0.25) is 0 Å². The molecule has 0 saturated heterocycles. The minimum Gasteiger partial charge on any atom is -0.309 e. The average molecular weight is 1780 g/mol. The molecule has 0 amide bonds. The smallest absolute Gasteiger partial charge is 0.221 e. The molecule has 0 unspecified atom stereocenters. The number of nitrogens with zero attached hydrogens (tertiary/aromatic N) is 14. The summed E-state index contributed by atoms with van der Waals surface area (Å²) < 4.78 is 21.0. The molecule has 0 N–H and O–H groups in total. The lowest BCUT2D eigenvalue weighted by Crippen LogP contribution is -2.74. The lowest BCUT2D eigenvalue weighted by molar-refractivity contribution is 0.985. The molecule has 18 aromatic carbocycles. The van der Waals surface area contributed by atoms with E-state index in [0.717, 1.165) is 167 Å². The van der Waals surface area contributed by atoms with Gasteiger partial charge < -0.3 is 9.13 Å². The van der Waals surface area contributed by atoms with Crippen molar-refractivity contribution in [2.24, 2.45) is 0 Å². The van der Waals surface area contributed by atoms with Crippen molar-refractivity contribution in [2.75, 3.05) is 0 Å². The molecule has 0 radical (unpaired) electrons. The van der Waals surface area contributed by atoms with Gasteiger partial charge >= 0.3 is 0 Å². The lowest BCUT2D eigenvalue weighted by atomic mass is 10.0. The Morgan fingerprint density at radius 1 is 0.146 bits per heavy atom. The molecular weight excluding hydrogens is 1710 g/mol. The number of pyridine rings is 2. The van der Waals surface area contributed by atoms with E-state index in [1.807, 2.05) is 0 Å². The number of rotatable bonds is 15. The van der Waals surface area contributed by atoms with Gasteiger partial charge in [-0.1, -0.05) is 309 Å². The number of fused-ring (bicyclic) bond motifs is 24. The highest BCUT2D eigenvalue weighted by molar-refractivity contribution is 7.20. The van der Waals surface area contributed by atoms with Gasteiger partial charge in [0.25, 0.3) is 0 Å². The van der Waals surface area contributed by atoms with Gasteiger partial charge in [0.15, 0.2) is 16.1 Å². The molecule has 0 saturated carbocycles. The van der Waals surface area contributed by atoms with Crippen LogP contribution in [0.3, 0.4) is 0 Å². The summed E-state index contributed by atoms with van der Waals surface area (Å²) in [6, 6.07) is 174. The molecule has 640 valence electrons. The maximum Gasteiger partial charge on any atom is 0.221 e. The van der Waals surface area contributed by atoms with Crippen molar-refractivity contribution in [1.82, 2.24) is 65.5 Å². The van der Waals surface area contributed by atoms with Crippen molar-refractivity contribution in [3.05, 3.63) is 473 Å². The number of imidazole rings is 6. The molecule has 0 aliphatic carbocycles. The molecular formula is C121H78N14Si2. The van der Waals surface area contributed by atoms with Crippen LogP contribution in [0.15, 0.2) is 473 Å². The van der Waals surface area contributed by atoms with Gasteiger partial charge in [-0.05, 0) is 216 Å². The highest BCUT2D eigenvalue weighted by Crippen LogP contribution is 2.42. The van der Waals surface area contributed by atoms with Crippen LogP contribution in [-0.4, -0.2) is 81.7 Å². The topological polar surface area (TPSA) is 107 Å². The number of para-hydroxylation sites is 15. The van der Waals surface area contributed by atoms with Crippen LogP contribution >= 0.6 is 0 Å². The summed E-state index contributed by atoms with van der Waals surface area (Å²) in [5, 5.41) is 16.7.